The molecule has 0 unspecified atom stereocenters. The van der Waals surface area contributed by atoms with Crippen molar-refractivity contribution in [3.05, 3.63) is 33.6 Å². The molecular weight excluding hydrogens is 214 g/mol. The van der Waals surface area contributed by atoms with Crippen LogP contribution in [0.3, 0.4) is 0 Å². The highest BCUT2D eigenvalue weighted by Crippen LogP contribution is 2.21. The minimum atomic E-state index is -0.995. The second kappa shape index (κ2) is 3.76. The second-order valence-electron chi connectivity index (χ2n) is 3.51. The topological polar surface area (TPSA) is 96.6 Å². The summed E-state index contributed by atoms with van der Waals surface area (Å²) in [7, 11) is 0. The minimum Gasteiger partial charge on any atom is -0.465 e. The first kappa shape index (κ1) is 10.3. The Labute approximate surface area is 90.5 Å². The summed E-state index contributed by atoms with van der Waals surface area (Å²) in [6.45, 7) is 0.549. The highest BCUT2D eigenvalue weighted by molar-refractivity contribution is 5.65. The Balaban J connectivity index is 2.29. The van der Waals surface area contributed by atoms with Crippen molar-refractivity contribution in [2.24, 2.45) is 0 Å². The van der Waals surface area contributed by atoms with Crippen LogP contribution in [-0.4, -0.2) is 32.6 Å². The molecule has 1 N–H and O–H groups in total. The van der Waals surface area contributed by atoms with Gasteiger partial charge in [-0.3, -0.25) is 15.1 Å². The Morgan fingerprint density at radius 3 is 3.00 bits per heavy atom. The van der Waals surface area contributed by atoms with E-state index in [1.165, 1.54) is 11.0 Å². The van der Waals surface area contributed by atoms with Crippen molar-refractivity contribution >= 4 is 11.8 Å². The van der Waals surface area contributed by atoms with Crippen LogP contribution in [-0.2, 0) is 13.0 Å². The Bertz CT molecular complexity index is 460. The first-order chi connectivity index (χ1) is 7.58. The summed E-state index contributed by atoms with van der Waals surface area (Å²) >= 11 is 0. The summed E-state index contributed by atoms with van der Waals surface area (Å²) in [6.07, 6.45) is 0.631. The molecule has 0 aromatic carbocycles. The standard InChI is InChI=1S/C9H9N3O4/c13-9(14)11-2-1-6-3-7(12(15)16)4-10-8(6)5-11/h3-4H,1-2,5H2,(H,13,14). The number of hydrogen-bond acceptors (Lipinski definition) is 4. The second-order valence-corrected chi connectivity index (χ2v) is 3.51. The van der Waals surface area contributed by atoms with Gasteiger partial charge < -0.3 is 10.0 Å². The van der Waals surface area contributed by atoms with Crippen molar-refractivity contribution in [2.75, 3.05) is 6.54 Å². The summed E-state index contributed by atoms with van der Waals surface area (Å²) in [5.74, 6) is 0. The summed E-state index contributed by atoms with van der Waals surface area (Å²) in [5.41, 5.74) is 1.30. The van der Waals surface area contributed by atoms with E-state index in [1.807, 2.05) is 0 Å². The zero-order chi connectivity index (χ0) is 11.7. The Morgan fingerprint density at radius 2 is 2.38 bits per heavy atom. The van der Waals surface area contributed by atoms with E-state index in [2.05, 4.69) is 4.98 Å². The first-order valence-corrected chi connectivity index (χ1v) is 4.68. The van der Waals surface area contributed by atoms with Crippen LogP contribution in [0.5, 0.6) is 0 Å². The number of hydrogen-bond donors (Lipinski definition) is 1. The molecule has 1 aromatic heterocycles. The summed E-state index contributed by atoms with van der Waals surface area (Å²) in [6, 6.07) is 1.46. The van der Waals surface area contributed by atoms with Gasteiger partial charge in [-0.05, 0) is 12.0 Å². The lowest BCUT2D eigenvalue weighted by Crippen LogP contribution is -2.35. The van der Waals surface area contributed by atoms with Crippen molar-refractivity contribution in [1.82, 2.24) is 9.88 Å². The largest absolute Gasteiger partial charge is 0.465 e. The van der Waals surface area contributed by atoms with Crippen LogP contribution in [0, 0.1) is 10.1 Å². The quantitative estimate of drug-likeness (QED) is 0.566. The van der Waals surface area contributed by atoms with E-state index in [0.717, 1.165) is 11.8 Å². The molecule has 0 radical (unpaired) electrons. The van der Waals surface area contributed by atoms with Gasteiger partial charge in [0.05, 0.1) is 17.2 Å². The van der Waals surface area contributed by atoms with E-state index < -0.39 is 11.0 Å². The predicted molar refractivity (Wildman–Crippen MR) is 53.0 cm³/mol. The van der Waals surface area contributed by atoms with Gasteiger partial charge in [0.25, 0.3) is 5.69 Å². The third-order valence-corrected chi connectivity index (χ3v) is 2.52. The Kier molecular flexibility index (Phi) is 2.43. The molecule has 0 spiro atoms. The fourth-order valence-corrected chi connectivity index (χ4v) is 1.66. The van der Waals surface area contributed by atoms with Gasteiger partial charge in [-0.15, -0.1) is 0 Å². The van der Waals surface area contributed by atoms with Crippen LogP contribution in [0.25, 0.3) is 0 Å². The minimum absolute atomic E-state index is 0.0532. The van der Waals surface area contributed by atoms with Gasteiger partial charge in [0.15, 0.2) is 0 Å². The zero-order valence-electron chi connectivity index (χ0n) is 8.29. The zero-order valence-corrected chi connectivity index (χ0v) is 8.29. The van der Waals surface area contributed by atoms with Crippen LogP contribution in [0.1, 0.15) is 11.3 Å². The smallest absolute Gasteiger partial charge is 0.407 e. The van der Waals surface area contributed by atoms with Gasteiger partial charge in [-0.2, -0.15) is 0 Å². The van der Waals surface area contributed by atoms with Crippen LogP contribution in [0.4, 0.5) is 10.5 Å². The maximum atomic E-state index is 10.7. The van der Waals surface area contributed by atoms with E-state index in [-0.39, 0.29) is 12.2 Å². The SMILES string of the molecule is O=C(O)N1CCc2cc([N+](=O)[O-])cnc2C1. The molecule has 2 heterocycles. The van der Waals surface area contributed by atoms with Crippen molar-refractivity contribution in [1.29, 1.82) is 0 Å². The molecule has 0 fully saturated rings. The maximum absolute atomic E-state index is 10.7. The van der Waals surface area contributed by atoms with Gasteiger partial charge in [0.2, 0.25) is 0 Å². The molecule has 0 saturated carbocycles. The van der Waals surface area contributed by atoms with E-state index >= 15 is 0 Å². The molecule has 16 heavy (non-hydrogen) atoms. The summed E-state index contributed by atoms with van der Waals surface area (Å²) in [4.78, 5) is 25.9. The highest BCUT2D eigenvalue weighted by atomic mass is 16.6. The number of nitro groups is 1. The van der Waals surface area contributed by atoms with Crippen molar-refractivity contribution in [2.45, 2.75) is 13.0 Å². The first-order valence-electron chi connectivity index (χ1n) is 4.68. The molecule has 2 rings (SSSR count). The fraction of sp³-hybridized carbons (Fsp3) is 0.333. The number of fused-ring (bicyclic) bond motifs is 1. The van der Waals surface area contributed by atoms with Crippen molar-refractivity contribution < 1.29 is 14.8 Å². The van der Waals surface area contributed by atoms with Gasteiger partial charge in [-0.25, -0.2) is 4.79 Å². The fourth-order valence-electron chi connectivity index (χ4n) is 1.66. The number of aromatic nitrogens is 1. The molecule has 0 bridgehead atoms. The molecule has 7 heteroatoms. The average molecular weight is 223 g/mol. The lowest BCUT2D eigenvalue weighted by molar-refractivity contribution is -0.385. The van der Waals surface area contributed by atoms with Crippen molar-refractivity contribution in [3.63, 3.8) is 0 Å². The molecule has 7 nitrogen and oxygen atoms in total. The molecule has 0 atom stereocenters. The number of pyridine rings is 1. The van der Waals surface area contributed by atoms with E-state index in [0.29, 0.717) is 18.7 Å². The summed E-state index contributed by atoms with van der Waals surface area (Å²) < 4.78 is 0. The monoisotopic (exact) mass is 223 g/mol. The molecule has 84 valence electrons. The van der Waals surface area contributed by atoms with Crippen LogP contribution in [0.2, 0.25) is 0 Å². The van der Waals surface area contributed by atoms with E-state index in [9.17, 15) is 14.9 Å². The molecular formula is C9H9N3O4. The highest BCUT2D eigenvalue weighted by Gasteiger charge is 2.22. The molecule has 1 aliphatic heterocycles. The van der Waals surface area contributed by atoms with E-state index in [4.69, 9.17) is 5.11 Å². The number of carbonyl (C=O) groups is 1. The van der Waals surface area contributed by atoms with Gasteiger partial charge in [0.1, 0.15) is 6.20 Å². The summed E-state index contributed by atoms with van der Waals surface area (Å²) in [5, 5.41) is 19.3. The average Bonchev–Trinajstić information content (AvgIpc) is 2.27. The number of rotatable bonds is 1. The molecule has 1 amide bonds. The van der Waals surface area contributed by atoms with Crippen LogP contribution < -0.4 is 0 Å². The Hall–Kier alpha value is -2.18. The Morgan fingerprint density at radius 1 is 1.62 bits per heavy atom. The lowest BCUT2D eigenvalue weighted by Gasteiger charge is -2.24. The molecule has 1 aliphatic rings. The van der Waals surface area contributed by atoms with Crippen LogP contribution in [0.15, 0.2) is 12.3 Å². The van der Waals surface area contributed by atoms with Crippen molar-refractivity contribution in [3.8, 4) is 0 Å². The number of nitrogens with zero attached hydrogens (tertiary/aromatic N) is 3. The molecule has 1 aromatic rings. The normalized spacial score (nSPS) is 14.4. The van der Waals surface area contributed by atoms with Crippen LogP contribution >= 0.6 is 0 Å². The van der Waals surface area contributed by atoms with Gasteiger partial charge in [0, 0.05) is 12.6 Å². The number of carboxylic acid groups (broad SMARTS) is 1. The van der Waals surface area contributed by atoms with Gasteiger partial charge in [-0.1, -0.05) is 0 Å². The maximum Gasteiger partial charge on any atom is 0.407 e. The molecule has 0 aliphatic carbocycles. The lowest BCUT2D eigenvalue weighted by atomic mass is 10.1. The molecule has 0 saturated heterocycles. The van der Waals surface area contributed by atoms with Gasteiger partial charge >= 0.3 is 6.09 Å². The van der Waals surface area contributed by atoms with E-state index in [1.54, 1.807) is 0 Å². The number of amides is 1. The third kappa shape index (κ3) is 1.79. The predicted octanol–water partition coefficient (Wildman–Crippen LogP) is 1.03. The third-order valence-electron chi connectivity index (χ3n) is 2.52.